The van der Waals surface area contributed by atoms with Gasteiger partial charge < -0.3 is 20.3 Å². The standard InChI is InChI=1S/C11H13NO5/c1-12-5-8(13)6-3-7(11(15)16)10(14)9(4-6)17-2/h3-4,12,14H,5H2,1-2H3,(H,15,16). The van der Waals surface area contributed by atoms with Crippen molar-refractivity contribution in [3.63, 3.8) is 0 Å². The van der Waals surface area contributed by atoms with Crippen LogP contribution in [-0.2, 0) is 0 Å². The van der Waals surface area contributed by atoms with Crippen LogP contribution in [0.2, 0.25) is 0 Å². The van der Waals surface area contributed by atoms with E-state index in [2.05, 4.69) is 5.32 Å². The van der Waals surface area contributed by atoms with Crippen molar-refractivity contribution in [3.05, 3.63) is 23.3 Å². The Morgan fingerprint density at radius 1 is 1.41 bits per heavy atom. The number of carbonyl (C=O) groups excluding carboxylic acids is 1. The summed E-state index contributed by atoms with van der Waals surface area (Å²) in [4.78, 5) is 22.5. The Morgan fingerprint density at radius 3 is 2.53 bits per heavy atom. The number of ketones is 1. The summed E-state index contributed by atoms with van der Waals surface area (Å²) in [5, 5.41) is 21.1. The number of aromatic hydroxyl groups is 1. The van der Waals surface area contributed by atoms with E-state index in [-0.39, 0.29) is 29.2 Å². The minimum absolute atomic E-state index is 0.0376. The van der Waals surface area contributed by atoms with Crippen LogP contribution >= 0.6 is 0 Å². The summed E-state index contributed by atoms with van der Waals surface area (Å²) in [5.41, 5.74) is -0.185. The minimum atomic E-state index is -1.32. The van der Waals surface area contributed by atoms with Gasteiger partial charge in [0.1, 0.15) is 5.56 Å². The number of aromatic carboxylic acids is 1. The average Bonchev–Trinajstić information content (AvgIpc) is 2.29. The molecule has 0 bridgehead atoms. The average molecular weight is 239 g/mol. The van der Waals surface area contributed by atoms with Gasteiger partial charge in [0.05, 0.1) is 13.7 Å². The second kappa shape index (κ2) is 5.31. The first kappa shape index (κ1) is 13.0. The summed E-state index contributed by atoms with van der Waals surface area (Å²) >= 11 is 0. The number of likely N-dealkylation sites (N-methyl/N-ethyl adjacent to an activating group) is 1. The second-order valence-electron chi connectivity index (χ2n) is 3.33. The maximum Gasteiger partial charge on any atom is 0.339 e. The van der Waals surface area contributed by atoms with Gasteiger partial charge in [-0.3, -0.25) is 4.79 Å². The predicted molar refractivity (Wildman–Crippen MR) is 59.9 cm³/mol. The number of methoxy groups -OCH3 is 1. The number of hydrogen-bond donors (Lipinski definition) is 3. The lowest BCUT2D eigenvalue weighted by atomic mass is 10.1. The smallest absolute Gasteiger partial charge is 0.339 e. The Hall–Kier alpha value is -2.08. The molecule has 0 radical (unpaired) electrons. The molecule has 92 valence electrons. The number of Topliss-reactive ketones (excluding diaryl/α,β-unsaturated/α-hetero) is 1. The molecule has 1 aromatic rings. The van der Waals surface area contributed by atoms with Gasteiger partial charge in [0.2, 0.25) is 0 Å². The molecule has 0 spiro atoms. The number of carboxylic acids is 1. The molecule has 0 aliphatic carbocycles. The van der Waals surface area contributed by atoms with Gasteiger partial charge in [-0.1, -0.05) is 0 Å². The zero-order valence-corrected chi connectivity index (χ0v) is 9.48. The molecule has 0 amide bonds. The quantitative estimate of drug-likeness (QED) is 0.647. The highest BCUT2D eigenvalue weighted by Gasteiger charge is 2.18. The molecular formula is C11H13NO5. The molecule has 0 unspecified atom stereocenters. The third-order valence-corrected chi connectivity index (χ3v) is 2.18. The molecule has 6 heteroatoms. The van der Waals surface area contributed by atoms with Gasteiger partial charge >= 0.3 is 5.97 Å². The Balaban J connectivity index is 3.29. The van der Waals surface area contributed by atoms with E-state index in [9.17, 15) is 14.7 Å². The Kier molecular flexibility index (Phi) is 4.06. The third-order valence-electron chi connectivity index (χ3n) is 2.18. The van der Waals surface area contributed by atoms with Crippen molar-refractivity contribution in [1.82, 2.24) is 5.32 Å². The maximum atomic E-state index is 11.6. The lowest BCUT2D eigenvalue weighted by molar-refractivity contribution is 0.0693. The number of nitrogens with one attached hydrogen (secondary N) is 1. The molecule has 0 atom stereocenters. The molecule has 1 rings (SSSR count). The molecular weight excluding hydrogens is 226 g/mol. The minimum Gasteiger partial charge on any atom is -0.504 e. The van der Waals surface area contributed by atoms with E-state index < -0.39 is 11.7 Å². The highest BCUT2D eigenvalue weighted by molar-refractivity contribution is 6.01. The van der Waals surface area contributed by atoms with E-state index in [1.807, 2.05) is 0 Å². The molecule has 0 aliphatic heterocycles. The molecule has 17 heavy (non-hydrogen) atoms. The topological polar surface area (TPSA) is 95.9 Å². The summed E-state index contributed by atoms with van der Waals surface area (Å²) in [6, 6.07) is 2.43. The van der Waals surface area contributed by atoms with Crippen molar-refractivity contribution in [2.45, 2.75) is 0 Å². The van der Waals surface area contributed by atoms with Crippen LogP contribution < -0.4 is 10.1 Å². The summed E-state index contributed by atoms with van der Waals surface area (Å²) in [5.74, 6) is -2.13. The lowest BCUT2D eigenvalue weighted by Gasteiger charge is -2.09. The Labute approximate surface area is 97.8 Å². The second-order valence-corrected chi connectivity index (χ2v) is 3.33. The van der Waals surface area contributed by atoms with E-state index in [1.165, 1.54) is 13.2 Å². The number of benzene rings is 1. The monoisotopic (exact) mass is 239 g/mol. The van der Waals surface area contributed by atoms with Gasteiger partial charge in [-0.15, -0.1) is 0 Å². The Bertz CT molecular complexity index is 455. The first-order valence-electron chi connectivity index (χ1n) is 4.83. The van der Waals surface area contributed by atoms with Gasteiger partial charge in [0, 0.05) is 5.56 Å². The molecule has 0 aromatic heterocycles. The molecule has 0 heterocycles. The fraction of sp³-hybridized carbons (Fsp3) is 0.273. The zero-order valence-electron chi connectivity index (χ0n) is 9.48. The van der Waals surface area contributed by atoms with Gasteiger partial charge in [-0.2, -0.15) is 0 Å². The van der Waals surface area contributed by atoms with Gasteiger partial charge in [0.25, 0.3) is 0 Å². The number of ether oxygens (including phenoxy) is 1. The molecule has 3 N–H and O–H groups in total. The number of rotatable bonds is 5. The van der Waals surface area contributed by atoms with Crippen molar-refractivity contribution in [1.29, 1.82) is 0 Å². The van der Waals surface area contributed by atoms with Crippen molar-refractivity contribution in [2.24, 2.45) is 0 Å². The summed E-state index contributed by atoms with van der Waals surface area (Å²) in [6.07, 6.45) is 0. The van der Waals surface area contributed by atoms with Crippen molar-refractivity contribution in [3.8, 4) is 11.5 Å². The lowest BCUT2D eigenvalue weighted by Crippen LogP contribution is -2.19. The fourth-order valence-electron chi connectivity index (χ4n) is 1.35. The van der Waals surface area contributed by atoms with Crippen molar-refractivity contribution < 1.29 is 24.5 Å². The first-order valence-corrected chi connectivity index (χ1v) is 4.83. The van der Waals surface area contributed by atoms with Crippen LogP contribution in [0.5, 0.6) is 11.5 Å². The molecule has 0 saturated carbocycles. The van der Waals surface area contributed by atoms with E-state index in [0.717, 1.165) is 6.07 Å². The first-order chi connectivity index (χ1) is 8.01. The van der Waals surface area contributed by atoms with E-state index >= 15 is 0 Å². The number of carbonyl (C=O) groups is 2. The van der Waals surface area contributed by atoms with Crippen LogP contribution in [-0.4, -0.2) is 42.7 Å². The normalized spacial score (nSPS) is 10.0. The van der Waals surface area contributed by atoms with Crippen LogP contribution in [0.3, 0.4) is 0 Å². The number of carboxylic acid groups (broad SMARTS) is 1. The van der Waals surface area contributed by atoms with Crippen molar-refractivity contribution in [2.75, 3.05) is 20.7 Å². The number of hydrogen-bond acceptors (Lipinski definition) is 5. The van der Waals surface area contributed by atoms with Gasteiger partial charge in [-0.05, 0) is 19.2 Å². The SMILES string of the molecule is CNCC(=O)c1cc(OC)c(O)c(C(=O)O)c1. The summed E-state index contributed by atoms with van der Waals surface area (Å²) in [6.45, 7) is 0.0764. The maximum absolute atomic E-state index is 11.6. The number of phenols is 1. The third kappa shape index (κ3) is 2.73. The van der Waals surface area contributed by atoms with E-state index in [4.69, 9.17) is 9.84 Å². The van der Waals surface area contributed by atoms with Crippen LogP contribution in [0, 0.1) is 0 Å². The van der Waals surface area contributed by atoms with Gasteiger partial charge in [0.15, 0.2) is 17.3 Å². The van der Waals surface area contributed by atoms with Crippen LogP contribution in [0.4, 0.5) is 0 Å². The van der Waals surface area contributed by atoms with E-state index in [0.29, 0.717) is 0 Å². The van der Waals surface area contributed by atoms with Crippen LogP contribution in [0.15, 0.2) is 12.1 Å². The molecule has 0 fully saturated rings. The van der Waals surface area contributed by atoms with Crippen molar-refractivity contribution >= 4 is 11.8 Å². The van der Waals surface area contributed by atoms with E-state index in [1.54, 1.807) is 7.05 Å². The van der Waals surface area contributed by atoms with Crippen LogP contribution in [0.1, 0.15) is 20.7 Å². The highest BCUT2D eigenvalue weighted by atomic mass is 16.5. The highest BCUT2D eigenvalue weighted by Crippen LogP contribution is 2.31. The molecule has 1 aromatic carbocycles. The Morgan fingerprint density at radius 2 is 2.06 bits per heavy atom. The molecule has 0 saturated heterocycles. The molecule has 0 aliphatic rings. The summed E-state index contributed by atoms with van der Waals surface area (Å²) < 4.78 is 4.82. The van der Waals surface area contributed by atoms with Gasteiger partial charge in [-0.25, -0.2) is 4.79 Å². The van der Waals surface area contributed by atoms with Crippen LogP contribution in [0.25, 0.3) is 0 Å². The predicted octanol–water partition coefficient (Wildman–Crippen LogP) is 0.501. The fourth-order valence-corrected chi connectivity index (χ4v) is 1.35. The molecule has 6 nitrogen and oxygen atoms in total. The largest absolute Gasteiger partial charge is 0.504 e. The summed E-state index contributed by atoms with van der Waals surface area (Å²) in [7, 11) is 2.89. The zero-order chi connectivity index (χ0) is 13.0.